The minimum absolute atomic E-state index is 0. The molecule has 2 rings (SSSR count). The molecule has 0 bridgehead atoms. The Labute approximate surface area is 139 Å². The third-order valence-electron chi connectivity index (χ3n) is 3.13. The summed E-state index contributed by atoms with van der Waals surface area (Å²) in [7, 11) is 0. The summed E-state index contributed by atoms with van der Waals surface area (Å²) in [6.45, 7) is 5.61. The van der Waals surface area contributed by atoms with Crippen LogP contribution in [0.5, 0.6) is 0 Å². The molecule has 1 amide bonds. The largest absolute Gasteiger partial charge is 0.340 e. The van der Waals surface area contributed by atoms with Crippen molar-refractivity contribution in [2.24, 2.45) is 0 Å². The van der Waals surface area contributed by atoms with Gasteiger partial charge in [0.2, 0.25) is 5.91 Å². The van der Waals surface area contributed by atoms with Crippen LogP contribution in [0.15, 0.2) is 33.6 Å². The van der Waals surface area contributed by atoms with Gasteiger partial charge in [-0.1, -0.05) is 15.9 Å². The zero-order valence-corrected chi connectivity index (χ0v) is 14.7. The Morgan fingerprint density at radius 1 is 1.30 bits per heavy atom. The van der Waals surface area contributed by atoms with Crippen LogP contribution in [0, 0.1) is 0 Å². The van der Waals surface area contributed by atoms with E-state index in [-0.39, 0.29) is 23.6 Å². The first kappa shape index (κ1) is 17.8. The molecular formula is C14H20BrClN2OS. The van der Waals surface area contributed by atoms with Crippen molar-refractivity contribution in [1.29, 1.82) is 0 Å². The van der Waals surface area contributed by atoms with Crippen molar-refractivity contribution in [1.82, 2.24) is 10.2 Å². The highest BCUT2D eigenvalue weighted by atomic mass is 79.9. The molecule has 0 spiro atoms. The number of nitrogens with one attached hydrogen (secondary N) is 1. The van der Waals surface area contributed by atoms with Gasteiger partial charge in [-0.05, 0) is 44.2 Å². The molecule has 1 aromatic rings. The van der Waals surface area contributed by atoms with Gasteiger partial charge in [0.05, 0.1) is 5.25 Å². The van der Waals surface area contributed by atoms with E-state index in [1.54, 1.807) is 11.8 Å². The van der Waals surface area contributed by atoms with Gasteiger partial charge in [-0.3, -0.25) is 4.79 Å². The van der Waals surface area contributed by atoms with Gasteiger partial charge in [-0.15, -0.1) is 24.2 Å². The molecule has 0 aromatic heterocycles. The maximum Gasteiger partial charge on any atom is 0.235 e. The van der Waals surface area contributed by atoms with E-state index in [0.29, 0.717) is 0 Å². The number of nitrogens with zero attached hydrogens (tertiary/aromatic N) is 1. The molecule has 1 heterocycles. The maximum atomic E-state index is 12.4. The standard InChI is InChI=1S/C14H19BrN2OS.ClH/c1-11(19-13-5-3-12(15)4-6-13)14(18)17-9-2-7-16-8-10-17;/h3-6,11,16H,2,7-10H2,1H3;1H. The Balaban J connectivity index is 0.00000200. The van der Waals surface area contributed by atoms with Gasteiger partial charge in [0.25, 0.3) is 0 Å². The SMILES string of the molecule is CC(Sc1ccc(Br)cc1)C(=O)N1CCCNCC1.Cl. The van der Waals surface area contributed by atoms with Crippen molar-refractivity contribution in [2.75, 3.05) is 26.2 Å². The quantitative estimate of drug-likeness (QED) is 0.819. The predicted molar refractivity (Wildman–Crippen MR) is 90.8 cm³/mol. The van der Waals surface area contributed by atoms with E-state index in [2.05, 4.69) is 21.2 Å². The van der Waals surface area contributed by atoms with E-state index in [4.69, 9.17) is 0 Å². The Morgan fingerprint density at radius 2 is 2.00 bits per heavy atom. The van der Waals surface area contributed by atoms with E-state index in [9.17, 15) is 4.79 Å². The lowest BCUT2D eigenvalue weighted by Gasteiger charge is -2.23. The molecule has 0 saturated carbocycles. The van der Waals surface area contributed by atoms with Crippen LogP contribution in [-0.4, -0.2) is 42.2 Å². The topological polar surface area (TPSA) is 32.3 Å². The van der Waals surface area contributed by atoms with Gasteiger partial charge in [0, 0.05) is 29.0 Å². The average molecular weight is 380 g/mol. The number of rotatable bonds is 3. The van der Waals surface area contributed by atoms with Crippen LogP contribution in [0.3, 0.4) is 0 Å². The lowest BCUT2D eigenvalue weighted by atomic mass is 10.3. The summed E-state index contributed by atoms with van der Waals surface area (Å²) in [6, 6.07) is 8.11. The van der Waals surface area contributed by atoms with E-state index in [1.807, 2.05) is 36.1 Å². The highest BCUT2D eigenvalue weighted by Crippen LogP contribution is 2.26. The van der Waals surface area contributed by atoms with Gasteiger partial charge in [0.15, 0.2) is 0 Å². The summed E-state index contributed by atoms with van der Waals surface area (Å²) in [5, 5.41) is 3.29. The zero-order valence-electron chi connectivity index (χ0n) is 11.5. The minimum Gasteiger partial charge on any atom is -0.340 e. The van der Waals surface area contributed by atoms with Crippen molar-refractivity contribution >= 4 is 46.0 Å². The number of amides is 1. The fourth-order valence-corrected chi connectivity index (χ4v) is 3.31. The highest BCUT2D eigenvalue weighted by Gasteiger charge is 2.21. The van der Waals surface area contributed by atoms with Crippen LogP contribution >= 0.6 is 40.1 Å². The molecule has 1 unspecified atom stereocenters. The number of carbonyl (C=O) groups is 1. The van der Waals surface area contributed by atoms with Crippen LogP contribution in [0.25, 0.3) is 0 Å². The number of hydrogen-bond donors (Lipinski definition) is 1. The molecule has 1 fully saturated rings. The summed E-state index contributed by atoms with van der Waals surface area (Å²) in [5.74, 6) is 0.247. The van der Waals surface area contributed by atoms with Crippen molar-refractivity contribution in [3.05, 3.63) is 28.7 Å². The third-order valence-corrected chi connectivity index (χ3v) is 4.75. The molecule has 20 heavy (non-hydrogen) atoms. The Kier molecular flexibility index (Phi) is 7.95. The zero-order chi connectivity index (χ0) is 13.7. The lowest BCUT2D eigenvalue weighted by Crippen LogP contribution is -2.38. The minimum atomic E-state index is -0.0284. The molecule has 1 saturated heterocycles. The number of halogens is 2. The Bertz CT molecular complexity index is 422. The van der Waals surface area contributed by atoms with Gasteiger partial charge in [-0.25, -0.2) is 0 Å². The van der Waals surface area contributed by atoms with Crippen LogP contribution in [0.4, 0.5) is 0 Å². The van der Waals surface area contributed by atoms with Crippen molar-refractivity contribution in [3.8, 4) is 0 Å². The van der Waals surface area contributed by atoms with Crippen LogP contribution in [0.2, 0.25) is 0 Å². The summed E-state index contributed by atoms with van der Waals surface area (Å²) in [6.07, 6.45) is 1.04. The molecule has 3 nitrogen and oxygen atoms in total. The second-order valence-corrected chi connectivity index (χ2v) is 6.97. The molecule has 0 radical (unpaired) electrons. The van der Waals surface area contributed by atoms with E-state index >= 15 is 0 Å². The summed E-state index contributed by atoms with van der Waals surface area (Å²) in [5.41, 5.74) is 0. The van der Waals surface area contributed by atoms with Crippen molar-refractivity contribution in [3.63, 3.8) is 0 Å². The first-order chi connectivity index (χ1) is 9.16. The maximum absolute atomic E-state index is 12.4. The fraction of sp³-hybridized carbons (Fsp3) is 0.500. The summed E-state index contributed by atoms with van der Waals surface area (Å²) >= 11 is 5.05. The predicted octanol–water partition coefficient (Wildman–Crippen LogP) is 3.17. The lowest BCUT2D eigenvalue weighted by molar-refractivity contribution is -0.130. The van der Waals surface area contributed by atoms with Crippen molar-refractivity contribution < 1.29 is 4.79 Å². The van der Waals surface area contributed by atoms with E-state index < -0.39 is 0 Å². The molecule has 1 aliphatic heterocycles. The average Bonchev–Trinajstić information content (AvgIpc) is 2.69. The Hall–Kier alpha value is -0.230. The first-order valence-corrected chi connectivity index (χ1v) is 8.26. The van der Waals surface area contributed by atoms with Crippen LogP contribution < -0.4 is 5.32 Å². The van der Waals surface area contributed by atoms with E-state index in [0.717, 1.165) is 42.0 Å². The normalized spacial score (nSPS) is 17.0. The molecule has 1 atom stereocenters. The molecule has 0 aliphatic carbocycles. The van der Waals surface area contributed by atoms with Crippen molar-refractivity contribution in [2.45, 2.75) is 23.5 Å². The second kappa shape index (κ2) is 8.93. The molecule has 6 heteroatoms. The fourth-order valence-electron chi connectivity index (χ4n) is 2.09. The summed E-state index contributed by atoms with van der Waals surface area (Å²) in [4.78, 5) is 15.5. The van der Waals surface area contributed by atoms with Gasteiger partial charge < -0.3 is 10.2 Å². The van der Waals surface area contributed by atoms with Crippen LogP contribution in [-0.2, 0) is 4.79 Å². The molecule has 1 aliphatic rings. The number of benzene rings is 1. The van der Waals surface area contributed by atoms with E-state index in [1.165, 1.54) is 0 Å². The molecule has 1 N–H and O–H groups in total. The number of hydrogen-bond acceptors (Lipinski definition) is 3. The first-order valence-electron chi connectivity index (χ1n) is 6.58. The summed E-state index contributed by atoms with van der Waals surface area (Å²) < 4.78 is 1.06. The smallest absolute Gasteiger partial charge is 0.235 e. The number of thioether (sulfide) groups is 1. The molecule has 1 aromatic carbocycles. The van der Waals surface area contributed by atoms with Gasteiger partial charge >= 0.3 is 0 Å². The highest BCUT2D eigenvalue weighted by molar-refractivity contribution is 9.10. The molecular weight excluding hydrogens is 360 g/mol. The number of carbonyl (C=O) groups excluding carboxylic acids is 1. The third kappa shape index (κ3) is 5.28. The van der Waals surface area contributed by atoms with Gasteiger partial charge in [0.1, 0.15) is 0 Å². The second-order valence-electron chi connectivity index (χ2n) is 4.64. The molecule has 112 valence electrons. The van der Waals surface area contributed by atoms with Gasteiger partial charge in [-0.2, -0.15) is 0 Å². The monoisotopic (exact) mass is 378 g/mol. The Morgan fingerprint density at radius 3 is 2.70 bits per heavy atom. The van der Waals surface area contributed by atoms with Crippen LogP contribution in [0.1, 0.15) is 13.3 Å².